The molecule has 2 rings (SSSR count). The highest BCUT2D eigenvalue weighted by Crippen LogP contribution is 2.38. The van der Waals surface area contributed by atoms with Gasteiger partial charge in [-0.15, -0.1) is 11.3 Å². The van der Waals surface area contributed by atoms with Crippen molar-refractivity contribution in [1.29, 1.82) is 0 Å². The van der Waals surface area contributed by atoms with Gasteiger partial charge in [-0.3, -0.25) is 0 Å². The van der Waals surface area contributed by atoms with Gasteiger partial charge < -0.3 is 5.32 Å². The van der Waals surface area contributed by atoms with Crippen molar-refractivity contribution < 1.29 is 0 Å². The summed E-state index contributed by atoms with van der Waals surface area (Å²) in [4.78, 5) is 0. The van der Waals surface area contributed by atoms with Gasteiger partial charge >= 0.3 is 0 Å². The molecule has 1 aromatic heterocycles. The largest absolute Gasteiger partial charge is 0.310 e. The van der Waals surface area contributed by atoms with Gasteiger partial charge in [0.1, 0.15) is 0 Å². The van der Waals surface area contributed by atoms with Gasteiger partial charge in [-0.1, -0.05) is 26.7 Å². The zero-order chi connectivity index (χ0) is 12.3. The van der Waals surface area contributed by atoms with Crippen LogP contribution in [0.15, 0.2) is 11.4 Å². The van der Waals surface area contributed by atoms with E-state index in [4.69, 9.17) is 0 Å². The number of rotatable bonds is 4. The van der Waals surface area contributed by atoms with Gasteiger partial charge in [0.2, 0.25) is 0 Å². The summed E-state index contributed by atoms with van der Waals surface area (Å²) in [5, 5.41) is 6.04. The van der Waals surface area contributed by atoms with Gasteiger partial charge in [0, 0.05) is 6.04 Å². The van der Waals surface area contributed by atoms with Crippen molar-refractivity contribution in [3.63, 3.8) is 0 Å². The third kappa shape index (κ3) is 3.67. The molecule has 0 saturated heterocycles. The smallest absolute Gasteiger partial charge is 0.0656 e. The van der Waals surface area contributed by atoms with Crippen molar-refractivity contribution in [2.45, 2.75) is 45.6 Å². The zero-order valence-corrected chi connectivity index (χ0v) is 13.7. The Morgan fingerprint density at radius 2 is 2.12 bits per heavy atom. The molecule has 0 radical (unpaired) electrons. The first kappa shape index (κ1) is 13.8. The summed E-state index contributed by atoms with van der Waals surface area (Å²) in [5.74, 6) is 1.78. The van der Waals surface area contributed by atoms with E-state index in [0.717, 1.165) is 18.4 Å². The molecular weight excluding hydrogens is 341 g/mol. The first-order chi connectivity index (χ1) is 8.20. The monoisotopic (exact) mass is 363 g/mol. The van der Waals surface area contributed by atoms with Crippen molar-refractivity contribution >= 4 is 33.9 Å². The normalized spacial score (nSPS) is 27.0. The molecule has 0 aromatic carbocycles. The molecule has 3 heteroatoms. The molecule has 0 spiro atoms. The van der Waals surface area contributed by atoms with E-state index < -0.39 is 0 Å². The van der Waals surface area contributed by atoms with Crippen LogP contribution in [0.4, 0.5) is 0 Å². The average molecular weight is 363 g/mol. The molecule has 0 bridgehead atoms. The fourth-order valence-electron chi connectivity index (χ4n) is 2.88. The molecule has 1 aliphatic carbocycles. The topological polar surface area (TPSA) is 12.0 Å². The first-order valence-electron chi connectivity index (χ1n) is 6.68. The molecular formula is C14H22INS. The number of hydrogen-bond donors (Lipinski definition) is 1. The molecule has 1 heterocycles. The van der Waals surface area contributed by atoms with E-state index in [1.807, 2.05) is 11.3 Å². The molecule has 1 unspecified atom stereocenters. The number of thiophene rings is 1. The maximum Gasteiger partial charge on any atom is 0.0656 e. The summed E-state index contributed by atoms with van der Waals surface area (Å²) in [5.41, 5.74) is 1.51. The van der Waals surface area contributed by atoms with Crippen LogP contribution in [-0.2, 0) is 0 Å². The Balaban J connectivity index is 2.06. The molecule has 1 saturated carbocycles. The Morgan fingerprint density at radius 3 is 2.65 bits per heavy atom. The minimum Gasteiger partial charge on any atom is -0.310 e. The summed E-state index contributed by atoms with van der Waals surface area (Å²) >= 11 is 4.30. The first-order valence-corrected chi connectivity index (χ1v) is 8.63. The molecule has 1 N–H and O–H groups in total. The van der Waals surface area contributed by atoms with Crippen LogP contribution < -0.4 is 5.32 Å². The number of hydrogen-bond acceptors (Lipinski definition) is 2. The quantitative estimate of drug-likeness (QED) is 0.756. The van der Waals surface area contributed by atoms with E-state index in [-0.39, 0.29) is 0 Å². The van der Waals surface area contributed by atoms with Crippen LogP contribution in [0.1, 0.15) is 51.1 Å². The predicted molar refractivity (Wildman–Crippen MR) is 84.6 cm³/mol. The lowest BCUT2D eigenvalue weighted by atomic mass is 9.78. The highest BCUT2D eigenvalue weighted by Gasteiger charge is 2.27. The van der Waals surface area contributed by atoms with Crippen molar-refractivity contribution in [3.8, 4) is 0 Å². The molecule has 1 aliphatic rings. The Kier molecular flexibility index (Phi) is 5.30. The second-order valence-corrected chi connectivity index (χ2v) is 8.04. The minimum atomic E-state index is 0.590. The van der Waals surface area contributed by atoms with E-state index >= 15 is 0 Å². The minimum absolute atomic E-state index is 0.590. The lowest BCUT2D eigenvalue weighted by Gasteiger charge is -2.33. The van der Waals surface area contributed by atoms with Gasteiger partial charge in [-0.25, -0.2) is 0 Å². The summed E-state index contributed by atoms with van der Waals surface area (Å²) < 4.78 is 1.41. The summed E-state index contributed by atoms with van der Waals surface area (Å²) in [6.07, 6.45) is 5.61. The van der Waals surface area contributed by atoms with Gasteiger partial charge in [0.15, 0.2) is 0 Å². The molecule has 0 amide bonds. The Bertz CT molecular complexity index is 342. The second kappa shape index (κ2) is 6.53. The molecule has 1 fully saturated rings. The van der Waals surface area contributed by atoms with Crippen molar-refractivity contribution in [2.24, 2.45) is 11.8 Å². The summed E-state index contributed by atoms with van der Waals surface area (Å²) in [6.45, 7) is 5.69. The Morgan fingerprint density at radius 1 is 1.41 bits per heavy atom. The van der Waals surface area contributed by atoms with Crippen molar-refractivity contribution in [1.82, 2.24) is 5.32 Å². The number of halogens is 1. The van der Waals surface area contributed by atoms with Crippen LogP contribution in [0.2, 0.25) is 0 Å². The average Bonchev–Trinajstić information content (AvgIpc) is 2.74. The maximum absolute atomic E-state index is 3.70. The predicted octanol–water partition coefficient (Wildman–Crippen LogP) is 4.83. The Labute approximate surface area is 123 Å². The molecule has 96 valence electrons. The van der Waals surface area contributed by atoms with Gasteiger partial charge in [-0.05, 0) is 70.8 Å². The van der Waals surface area contributed by atoms with E-state index in [1.54, 1.807) is 0 Å². The van der Waals surface area contributed by atoms with Gasteiger partial charge in [0.25, 0.3) is 0 Å². The van der Waals surface area contributed by atoms with Gasteiger partial charge in [0.05, 0.1) is 2.88 Å². The maximum atomic E-state index is 3.70. The van der Waals surface area contributed by atoms with Crippen LogP contribution in [0.5, 0.6) is 0 Å². The lowest BCUT2D eigenvalue weighted by molar-refractivity contribution is 0.233. The SMILES string of the molecule is CCNC(c1csc(I)c1)C1CCC(C)CC1. The lowest BCUT2D eigenvalue weighted by Crippen LogP contribution is -2.30. The molecule has 1 atom stereocenters. The van der Waals surface area contributed by atoms with E-state index in [0.29, 0.717) is 6.04 Å². The van der Waals surface area contributed by atoms with Crippen LogP contribution in [-0.4, -0.2) is 6.54 Å². The van der Waals surface area contributed by atoms with Crippen molar-refractivity contribution in [3.05, 3.63) is 19.9 Å². The molecule has 1 aromatic rings. The fraction of sp³-hybridized carbons (Fsp3) is 0.714. The second-order valence-electron chi connectivity index (χ2n) is 5.24. The molecule has 17 heavy (non-hydrogen) atoms. The zero-order valence-electron chi connectivity index (χ0n) is 10.7. The molecule has 0 aliphatic heterocycles. The van der Waals surface area contributed by atoms with Crippen molar-refractivity contribution in [2.75, 3.05) is 6.54 Å². The third-order valence-electron chi connectivity index (χ3n) is 3.90. The van der Waals surface area contributed by atoms with Crippen LogP contribution in [0, 0.1) is 14.7 Å². The van der Waals surface area contributed by atoms with Crippen LogP contribution in [0.25, 0.3) is 0 Å². The fourth-order valence-corrected chi connectivity index (χ4v) is 4.29. The summed E-state index contributed by atoms with van der Waals surface area (Å²) in [6, 6.07) is 2.95. The van der Waals surface area contributed by atoms with Gasteiger partial charge in [-0.2, -0.15) is 0 Å². The molecule has 1 nitrogen and oxygen atoms in total. The van der Waals surface area contributed by atoms with E-state index in [2.05, 4.69) is 53.2 Å². The summed E-state index contributed by atoms with van der Waals surface area (Å²) in [7, 11) is 0. The highest BCUT2D eigenvalue weighted by molar-refractivity contribution is 14.1. The third-order valence-corrected chi connectivity index (χ3v) is 5.71. The highest BCUT2D eigenvalue weighted by atomic mass is 127. The number of nitrogens with one attached hydrogen (secondary N) is 1. The van der Waals surface area contributed by atoms with Crippen LogP contribution >= 0.6 is 33.9 Å². The van der Waals surface area contributed by atoms with Crippen LogP contribution in [0.3, 0.4) is 0 Å². The standard InChI is InChI=1S/C14H22INS/c1-3-16-14(12-8-13(15)17-9-12)11-6-4-10(2)5-7-11/h8-11,14,16H,3-7H2,1-2H3. The van der Waals surface area contributed by atoms with E-state index in [9.17, 15) is 0 Å². The Hall–Kier alpha value is 0.390. The van der Waals surface area contributed by atoms with E-state index in [1.165, 1.54) is 34.1 Å².